The number of alkyl halides is 4. The molecule has 0 aliphatic carbocycles. The molecule has 0 amide bonds. The van der Waals surface area contributed by atoms with Crippen molar-refractivity contribution in [3.05, 3.63) is 23.8 Å². The van der Waals surface area contributed by atoms with E-state index in [1.54, 1.807) is 12.3 Å². The van der Waals surface area contributed by atoms with Crippen LogP contribution in [0.1, 0.15) is 17.3 Å². The second-order valence-electron chi connectivity index (χ2n) is 3.40. The molecule has 2 nitrogen and oxygen atoms in total. The van der Waals surface area contributed by atoms with E-state index in [-0.39, 0.29) is 17.1 Å². The minimum atomic E-state index is -4.79. The van der Waals surface area contributed by atoms with Gasteiger partial charge in [-0.25, -0.2) is 0 Å². The highest BCUT2D eigenvalue weighted by Gasteiger charge is 2.34. The first kappa shape index (κ1) is 15.4. The van der Waals surface area contributed by atoms with E-state index < -0.39 is 11.2 Å². The number of ether oxygens (including phenoxy) is 1. The van der Waals surface area contributed by atoms with E-state index in [4.69, 9.17) is 0 Å². The molecule has 1 aromatic carbocycles. The third-order valence-corrected chi connectivity index (χ3v) is 3.98. The summed E-state index contributed by atoms with van der Waals surface area (Å²) in [7, 11) is 0. The van der Waals surface area contributed by atoms with Crippen LogP contribution < -0.4 is 4.74 Å². The SMILES string of the molecule is CSc1cccc(C(Br)C(C)=O)c1OC(F)(F)F. The lowest BCUT2D eigenvalue weighted by Gasteiger charge is -2.18. The Kier molecular flexibility index (Phi) is 5.10. The standard InChI is InChI=1S/C11H10BrF3O2S/c1-6(16)9(12)7-4-3-5-8(18-2)10(7)17-11(13,14)15/h3-5,9H,1-2H3. The Hall–Kier alpha value is -0.690. The molecule has 1 aromatic rings. The first-order chi connectivity index (χ1) is 8.26. The van der Waals surface area contributed by atoms with Crippen molar-refractivity contribution in [2.75, 3.05) is 6.26 Å². The first-order valence-electron chi connectivity index (χ1n) is 4.83. The maximum atomic E-state index is 12.4. The van der Waals surface area contributed by atoms with Gasteiger partial charge >= 0.3 is 6.36 Å². The molecule has 1 unspecified atom stereocenters. The van der Waals surface area contributed by atoms with Gasteiger partial charge in [-0.2, -0.15) is 0 Å². The summed E-state index contributed by atoms with van der Waals surface area (Å²) in [6, 6.07) is 4.53. The van der Waals surface area contributed by atoms with E-state index in [0.717, 1.165) is 11.8 Å². The Morgan fingerprint density at radius 3 is 2.50 bits per heavy atom. The van der Waals surface area contributed by atoms with Crippen LogP contribution in [0.5, 0.6) is 5.75 Å². The molecular formula is C11H10BrF3O2S. The predicted octanol–water partition coefficient (Wildman–Crippen LogP) is 4.33. The van der Waals surface area contributed by atoms with Crippen molar-refractivity contribution in [3.8, 4) is 5.75 Å². The zero-order valence-corrected chi connectivity index (χ0v) is 11.9. The van der Waals surface area contributed by atoms with Crippen LogP contribution in [0.2, 0.25) is 0 Å². The van der Waals surface area contributed by atoms with Gasteiger partial charge in [0.1, 0.15) is 16.4 Å². The normalized spacial score (nSPS) is 13.2. The van der Waals surface area contributed by atoms with Gasteiger partial charge in [0.25, 0.3) is 0 Å². The Morgan fingerprint density at radius 2 is 2.06 bits per heavy atom. The largest absolute Gasteiger partial charge is 0.573 e. The molecule has 0 spiro atoms. The summed E-state index contributed by atoms with van der Waals surface area (Å²) in [5, 5.41) is 0. The lowest BCUT2D eigenvalue weighted by atomic mass is 10.1. The second-order valence-corrected chi connectivity index (χ2v) is 5.16. The summed E-state index contributed by atoms with van der Waals surface area (Å²) in [5.74, 6) is -0.616. The highest BCUT2D eigenvalue weighted by atomic mass is 79.9. The fraction of sp³-hybridized carbons (Fsp3) is 0.364. The molecule has 100 valence electrons. The average Bonchev–Trinajstić information content (AvgIpc) is 2.26. The molecule has 0 heterocycles. The molecule has 0 aliphatic rings. The molecule has 0 radical (unpaired) electrons. The van der Waals surface area contributed by atoms with Gasteiger partial charge < -0.3 is 4.74 Å². The lowest BCUT2D eigenvalue weighted by Crippen LogP contribution is -2.19. The maximum Gasteiger partial charge on any atom is 0.573 e. The molecule has 0 bridgehead atoms. The highest BCUT2D eigenvalue weighted by molar-refractivity contribution is 9.09. The van der Waals surface area contributed by atoms with Gasteiger partial charge in [0.05, 0.1) is 0 Å². The minimum absolute atomic E-state index is 0.173. The molecular weight excluding hydrogens is 333 g/mol. The van der Waals surface area contributed by atoms with E-state index in [9.17, 15) is 18.0 Å². The molecule has 18 heavy (non-hydrogen) atoms. The number of rotatable bonds is 4. The van der Waals surface area contributed by atoms with Crippen molar-refractivity contribution in [2.45, 2.75) is 23.0 Å². The number of ketones is 1. The highest BCUT2D eigenvalue weighted by Crippen LogP contribution is 2.40. The summed E-state index contributed by atoms with van der Waals surface area (Å²) in [6.07, 6.45) is -3.15. The molecule has 0 aliphatic heterocycles. The summed E-state index contributed by atoms with van der Waals surface area (Å²) in [5.41, 5.74) is 0.173. The van der Waals surface area contributed by atoms with E-state index >= 15 is 0 Å². The Labute approximate surface area is 115 Å². The number of para-hydroxylation sites is 1. The van der Waals surface area contributed by atoms with Gasteiger partial charge in [-0.05, 0) is 19.2 Å². The maximum absolute atomic E-state index is 12.4. The smallest absolute Gasteiger partial charge is 0.404 e. The zero-order chi connectivity index (χ0) is 13.9. The number of hydrogen-bond donors (Lipinski definition) is 0. The number of carbonyl (C=O) groups is 1. The Bertz CT molecular complexity index is 448. The van der Waals surface area contributed by atoms with Crippen molar-refractivity contribution in [1.29, 1.82) is 0 Å². The van der Waals surface area contributed by atoms with Crippen molar-refractivity contribution in [3.63, 3.8) is 0 Å². The molecule has 0 N–H and O–H groups in total. The van der Waals surface area contributed by atoms with E-state index in [1.807, 2.05) is 0 Å². The van der Waals surface area contributed by atoms with Crippen LogP contribution in [0.3, 0.4) is 0 Å². The van der Waals surface area contributed by atoms with Gasteiger partial charge in [-0.15, -0.1) is 24.9 Å². The van der Waals surface area contributed by atoms with Gasteiger partial charge in [0.2, 0.25) is 0 Å². The third kappa shape index (κ3) is 3.91. The van der Waals surface area contributed by atoms with Crippen LogP contribution >= 0.6 is 27.7 Å². The number of carbonyl (C=O) groups excluding carboxylic acids is 1. The van der Waals surface area contributed by atoms with Crippen LogP contribution in [-0.4, -0.2) is 18.4 Å². The number of halogens is 4. The number of benzene rings is 1. The van der Waals surface area contributed by atoms with Crippen LogP contribution in [0.25, 0.3) is 0 Å². The molecule has 0 aromatic heterocycles. The Balaban J connectivity index is 3.29. The molecule has 0 fully saturated rings. The van der Waals surface area contributed by atoms with Crippen molar-refractivity contribution in [1.82, 2.24) is 0 Å². The molecule has 0 saturated carbocycles. The fourth-order valence-electron chi connectivity index (χ4n) is 1.34. The molecule has 1 atom stereocenters. The summed E-state index contributed by atoms with van der Waals surface area (Å²) in [6.45, 7) is 1.29. The summed E-state index contributed by atoms with van der Waals surface area (Å²) in [4.78, 5) is 10.8. The van der Waals surface area contributed by atoms with Gasteiger partial charge in [0, 0.05) is 10.5 Å². The van der Waals surface area contributed by atoms with Crippen molar-refractivity contribution in [2.24, 2.45) is 0 Å². The minimum Gasteiger partial charge on any atom is -0.404 e. The second kappa shape index (κ2) is 5.97. The van der Waals surface area contributed by atoms with Crippen LogP contribution in [0.4, 0.5) is 13.2 Å². The number of hydrogen-bond acceptors (Lipinski definition) is 3. The lowest BCUT2D eigenvalue weighted by molar-refractivity contribution is -0.275. The molecule has 1 rings (SSSR count). The number of thioether (sulfide) groups is 1. The Morgan fingerprint density at radius 1 is 1.44 bits per heavy atom. The third-order valence-electron chi connectivity index (χ3n) is 2.08. The average molecular weight is 343 g/mol. The van der Waals surface area contributed by atoms with Crippen molar-refractivity contribution < 1.29 is 22.7 Å². The van der Waals surface area contributed by atoms with E-state index in [2.05, 4.69) is 20.7 Å². The predicted molar refractivity (Wildman–Crippen MR) is 67.3 cm³/mol. The fourth-order valence-corrected chi connectivity index (χ4v) is 2.26. The topological polar surface area (TPSA) is 26.3 Å². The van der Waals surface area contributed by atoms with Gasteiger partial charge in [-0.3, -0.25) is 4.79 Å². The van der Waals surface area contributed by atoms with E-state index in [1.165, 1.54) is 19.1 Å². The summed E-state index contributed by atoms with van der Waals surface area (Å²) >= 11 is 4.19. The van der Waals surface area contributed by atoms with Crippen LogP contribution in [0, 0.1) is 0 Å². The van der Waals surface area contributed by atoms with E-state index in [0.29, 0.717) is 4.90 Å². The summed E-state index contributed by atoms with van der Waals surface area (Å²) < 4.78 is 41.1. The first-order valence-corrected chi connectivity index (χ1v) is 6.97. The molecule has 0 saturated heterocycles. The van der Waals surface area contributed by atoms with Gasteiger partial charge in [0.15, 0.2) is 0 Å². The van der Waals surface area contributed by atoms with Crippen LogP contribution in [-0.2, 0) is 4.79 Å². The quantitative estimate of drug-likeness (QED) is 0.601. The van der Waals surface area contributed by atoms with Crippen molar-refractivity contribution >= 4 is 33.5 Å². The number of Topliss-reactive ketones (excluding diaryl/α,β-unsaturated/α-hetero) is 1. The molecule has 7 heteroatoms. The zero-order valence-electron chi connectivity index (χ0n) is 9.55. The van der Waals surface area contributed by atoms with Gasteiger partial charge in [-0.1, -0.05) is 28.1 Å². The monoisotopic (exact) mass is 342 g/mol. The van der Waals surface area contributed by atoms with Crippen LogP contribution in [0.15, 0.2) is 23.1 Å².